The predicted molar refractivity (Wildman–Crippen MR) is 155 cm³/mol. The van der Waals surface area contributed by atoms with Gasteiger partial charge in [0.2, 0.25) is 0 Å². The van der Waals surface area contributed by atoms with Crippen LogP contribution in [0.4, 0.5) is 0 Å². The van der Waals surface area contributed by atoms with E-state index < -0.39 is 0 Å². The fourth-order valence-corrected chi connectivity index (χ4v) is 6.42. The van der Waals surface area contributed by atoms with Crippen LogP contribution in [0.15, 0.2) is 120 Å². The molecule has 0 atom stereocenters. The largest absolute Gasteiger partial charge is 0.454 e. The Hall–Kier alpha value is -5.02. The number of aromatic amines is 1. The number of nitrogens with one attached hydrogen (secondary N) is 1. The first-order valence-corrected chi connectivity index (χ1v) is 12.6. The van der Waals surface area contributed by atoms with Crippen LogP contribution in [0.25, 0.3) is 82.0 Å². The molecule has 37 heavy (non-hydrogen) atoms. The summed E-state index contributed by atoms with van der Waals surface area (Å²) in [5.41, 5.74) is 7.62. The zero-order valence-corrected chi connectivity index (χ0v) is 19.8. The van der Waals surface area contributed by atoms with Gasteiger partial charge in [-0.3, -0.25) is 0 Å². The Morgan fingerprint density at radius 1 is 0.514 bits per heavy atom. The zero-order valence-electron chi connectivity index (χ0n) is 19.8. The average molecular weight is 473 g/mol. The first-order chi connectivity index (χ1) is 18.4. The van der Waals surface area contributed by atoms with Crippen LogP contribution in [-0.4, -0.2) is 9.55 Å². The van der Waals surface area contributed by atoms with E-state index in [4.69, 9.17) is 4.42 Å². The number of rotatable bonds is 1. The van der Waals surface area contributed by atoms with Crippen molar-refractivity contribution in [2.75, 3.05) is 0 Å². The van der Waals surface area contributed by atoms with Gasteiger partial charge in [-0.15, -0.1) is 0 Å². The summed E-state index contributed by atoms with van der Waals surface area (Å²) in [6.45, 7) is 0. The van der Waals surface area contributed by atoms with Crippen LogP contribution in [0.3, 0.4) is 0 Å². The molecule has 9 aromatic rings. The summed E-state index contributed by atoms with van der Waals surface area (Å²) in [7, 11) is 0. The molecule has 0 aliphatic heterocycles. The zero-order chi connectivity index (χ0) is 24.1. The topological polar surface area (TPSA) is 33.9 Å². The van der Waals surface area contributed by atoms with Crippen molar-refractivity contribution in [2.45, 2.75) is 0 Å². The Balaban J connectivity index is 1.61. The van der Waals surface area contributed by atoms with E-state index in [9.17, 15) is 0 Å². The van der Waals surface area contributed by atoms with Crippen LogP contribution in [0, 0.1) is 0 Å². The summed E-state index contributed by atoms with van der Waals surface area (Å²) < 4.78 is 8.95. The minimum Gasteiger partial charge on any atom is -0.454 e. The van der Waals surface area contributed by atoms with Crippen molar-refractivity contribution in [1.82, 2.24) is 9.55 Å². The number of nitrogens with zero attached hydrogens (tertiary/aromatic N) is 1. The third-order valence-corrected chi connectivity index (χ3v) is 7.91. The van der Waals surface area contributed by atoms with Crippen LogP contribution in [0.1, 0.15) is 0 Å². The van der Waals surface area contributed by atoms with Crippen molar-refractivity contribution >= 4 is 76.3 Å². The highest BCUT2D eigenvalue weighted by Gasteiger charge is 2.23. The van der Waals surface area contributed by atoms with Crippen molar-refractivity contribution in [2.24, 2.45) is 0 Å². The molecule has 0 saturated carbocycles. The van der Waals surface area contributed by atoms with Crippen LogP contribution in [0.2, 0.25) is 0 Å². The van der Waals surface area contributed by atoms with E-state index in [-0.39, 0.29) is 0 Å². The summed E-state index contributed by atoms with van der Waals surface area (Å²) in [5, 5.41) is 9.76. The fourth-order valence-electron chi connectivity index (χ4n) is 6.42. The molecule has 3 aromatic heterocycles. The lowest BCUT2D eigenvalue weighted by Gasteiger charge is -2.11. The van der Waals surface area contributed by atoms with Crippen LogP contribution < -0.4 is 0 Å². The summed E-state index contributed by atoms with van der Waals surface area (Å²) in [4.78, 5) is 3.75. The molecule has 3 heteroatoms. The molecule has 0 radical (unpaired) electrons. The lowest BCUT2D eigenvalue weighted by Crippen LogP contribution is -1.95. The molecule has 1 N–H and O–H groups in total. The summed E-state index contributed by atoms with van der Waals surface area (Å²) in [6, 6.07) is 40.9. The smallest absolute Gasteiger partial charge is 0.159 e. The van der Waals surface area contributed by atoms with E-state index in [1.807, 2.05) is 6.07 Å². The minimum absolute atomic E-state index is 0.912. The monoisotopic (exact) mass is 472 g/mol. The molecule has 0 fully saturated rings. The molecule has 0 spiro atoms. The normalized spacial score (nSPS) is 12.3. The fraction of sp³-hybridized carbons (Fsp3) is 0. The van der Waals surface area contributed by atoms with Crippen LogP contribution in [-0.2, 0) is 0 Å². The van der Waals surface area contributed by atoms with Crippen molar-refractivity contribution in [1.29, 1.82) is 0 Å². The van der Waals surface area contributed by atoms with Gasteiger partial charge in [0.1, 0.15) is 5.58 Å². The molecule has 0 amide bonds. The maximum Gasteiger partial charge on any atom is 0.159 e. The highest BCUT2D eigenvalue weighted by molar-refractivity contribution is 6.37. The number of para-hydroxylation sites is 4. The third-order valence-electron chi connectivity index (χ3n) is 7.91. The van der Waals surface area contributed by atoms with Gasteiger partial charge < -0.3 is 14.0 Å². The Labute approximate surface area is 211 Å². The first kappa shape index (κ1) is 19.2. The number of fused-ring (bicyclic) bond motifs is 13. The highest BCUT2D eigenvalue weighted by Crippen LogP contribution is 2.45. The quantitative estimate of drug-likeness (QED) is 0.254. The predicted octanol–water partition coefficient (Wildman–Crippen LogP) is 9.47. The van der Waals surface area contributed by atoms with Gasteiger partial charge in [0.25, 0.3) is 0 Å². The van der Waals surface area contributed by atoms with Crippen molar-refractivity contribution in [3.05, 3.63) is 115 Å². The summed E-state index contributed by atoms with van der Waals surface area (Å²) >= 11 is 0. The Bertz CT molecular complexity index is 2360. The molecule has 0 saturated heterocycles. The van der Waals surface area contributed by atoms with E-state index in [1.165, 1.54) is 48.9 Å². The third kappa shape index (κ3) is 2.36. The average Bonchev–Trinajstić information content (AvgIpc) is 3.63. The van der Waals surface area contributed by atoms with Gasteiger partial charge in [-0.05, 0) is 24.3 Å². The van der Waals surface area contributed by atoms with E-state index in [2.05, 4.69) is 119 Å². The number of benzene rings is 6. The standard InChI is InChI=1S/C34H20N2O/c1-2-12-22-21(11-1)32-30(24-13-3-6-16-26(24)35-32)31-25-14-4-7-17-27(25)36(33(22)31)28-18-9-15-23-20-10-5-8-19-29(20)37-34(23)28/h1-19,35H. The SMILES string of the molecule is c1ccc2c(c1)[nH]c1c3ccccc3c3c(c4ccccc4n3-c3cccc4c3oc3ccccc34)c21. The summed E-state index contributed by atoms with van der Waals surface area (Å²) in [6.07, 6.45) is 0. The van der Waals surface area contributed by atoms with Gasteiger partial charge in [0.15, 0.2) is 5.58 Å². The molecule has 172 valence electrons. The second-order valence-corrected chi connectivity index (χ2v) is 9.79. The molecule has 0 bridgehead atoms. The van der Waals surface area contributed by atoms with Crippen molar-refractivity contribution < 1.29 is 4.42 Å². The number of aromatic nitrogens is 2. The molecule has 3 heterocycles. The number of hydrogen-bond donors (Lipinski definition) is 1. The Morgan fingerprint density at radius 2 is 1.19 bits per heavy atom. The molecular weight excluding hydrogens is 452 g/mol. The first-order valence-electron chi connectivity index (χ1n) is 12.6. The molecule has 0 aliphatic carbocycles. The van der Waals surface area contributed by atoms with E-state index in [1.54, 1.807) is 0 Å². The second-order valence-electron chi connectivity index (χ2n) is 9.79. The van der Waals surface area contributed by atoms with E-state index in [0.29, 0.717) is 0 Å². The lowest BCUT2D eigenvalue weighted by atomic mass is 9.99. The second kappa shape index (κ2) is 6.80. The highest BCUT2D eigenvalue weighted by atomic mass is 16.3. The molecule has 0 aliphatic rings. The van der Waals surface area contributed by atoms with Crippen molar-refractivity contribution in [3.8, 4) is 5.69 Å². The van der Waals surface area contributed by atoms with Gasteiger partial charge in [-0.1, -0.05) is 91.0 Å². The van der Waals surface area contributed by atoms with Crippen LogP contribution in [0.5, 0.6) is 0 Å². The minimum atomic E-state index is 0.912. The number of H-pyrrole nitrogens is 1. The molecule has 6 aromatic carbocycles. The van der Waals surface area contributed by atoms with Gasteiger partial charge >= 0.3 is 0 Å². The van der Waals surface area contributed by atoms with E-state index in [0.717, 1.165) is 33.1 Å². The van der Waals surface area contributed by atoms with Gasteiger partial charge in [-0.2, -0.15) is 0 Å². The van der Waals surface area contributed by atoms with Gasteiger partial charge in [-0.25, -0.2) is 0 Å². The maximum atomic E-state index is 6.53. The van der Waals surface area contributed by atoms with Crippen LogP contribution >= 0.6 is 0 Å². The molecule has 0 unspecified atom stereocenters. The summed E-state index contributed by atoms with van der Waals surface area (Å²) in [5.74, 6) is 0. The van der Waals surface area contributed by atoms with Crippen molar-refractivity contribution in [3.63, 3.8) is 0 Å². The maximum absolute atomic E-state index is 6.53. The Kier molecular flexibility index (Phi) is 3.53. The number of hydrogen-bond acceptors (Lipinski definition) is 1. The Morgan fingerprint density at radius 3 is 2.08 bits per heavy atom. The molecule has 9 rings (SSSR count). The molecule has 3 nitrogen and oxygen atoms in total. The lowest BCUT2D eigenvalue weighted by molar-refractivity contribution is 0.666. The number of furan rings is 1. The van der Waals surface area contributed by atoms with E-state index >= 15 is 0 Å². The molecular formula is C34H20N2O. The van der Waals surface area contributed by atoms with Gasteiger partial charge in [0.05, 0.1) is 22.2 Å². The van der Waals surface area contributed by atoms with Gasteiger partial charge in [0, 0.05) is 48.6 Å².